The molecule has 3 fully saturated rings. The predicted molar refractivity (Wildman–Crippen MR) is 57.0 cm³/mol. The fraction of sp³-hybridized carbons (Fsp3) is 0.917. The molecule has 2 saturated heterocycles. The zero-order chi connectivity index (χ0) is 12.3. The highest BCUT2D eigenvalue weighted by atomic mass is 19.3. The van der Waals surface area contributed by atoms with Gasteiger partial charge in [0.1, 0.15) is 5.54 Å². The van der Waals surface area contributed by atoms with E-state index in [0.717, 1.165) is 12.8 Å². The number of carboxylic acid groups (broad SMARTS) is 1. The van der Waals surface area contributed by atoms with Crippen LogP contribution in [0, 0.1) is 5.92 Å². The number of nitrogens with zero attached hydrogens (tertiary/aromatic N) is 1. The monoisotopic (exact) mass is 245 g/mol. The van der Waals surface area contributed by atoms with Crippen molar-refractivity contribution in [2.24, 2.45) is 5.92 Å². The van der Waals surface area contributed by atoms with Crippen molar-refractivity contribution in [3.8, 4) is 0 Å². The highest BCUT2D eigenvalue weighted by Crippen LogP contribution is 2.50. The molecule has 0 aromatic carbocycles. The van der Waals surface area contributed by atoms with E-state index in [4.69, 9.17) is 0 Å². The maximum atomic E-state index is 12.8. The van der Waals surface area contributed by atoms with Crippen LogP contribution in [0.4, 0.5) is 8.78 Å². The third-order valence-electron chi connectivity index (χ3n) is 4.80. The van der Waals surface area contributed by atoms with E-state index in [0.29, 0.717) is 25.4 Å². The molecule has 0 amide bonds. The van der Waals surface area contributed by atoms with E-state index in [2.05, 4.69) is 0 Å². The smallest absolute Gasteiger partial charge is 0.324 e. The number of hydrogen-bond acceptors (Lipinski definition) is 2. The molecule has 3 nitrogen and oxygen atoms in total. The van der Waals surface area contributed by atoms with E-state index in [1.54, 1.807) is 0 Å². The van der Waals surface area contributed by atoms with Gasteiger partial charge in [-0.1, -0.05) is 0 Å². The van der Waals surface area contributed by atoms with E-state index in [9.17, 15) is 18.7 Å². The molecule has 0 radical (unpaired) electrons. The van der Waals surface area contributed by atoms with Crippen molar-refractivity contribution in [1.29, 1.82) is 0 Å². The number of carbonyl (C=O) groups is 1. The SMILES string of the molecule is O=C(O)C12CCC(CC1)N2CC1CC(F)(F)C1. The molecular formula is C12H17F2NO2. The van der Waals surface area contributed by atoms with Gasteiger partial charge in [0, 0.05) is 25.4 Å². The molecule has 1 aliphatic carbocycles. The largest absolute Gasteiger partial charge is 0.480 e. The van der Waals surface area contributed by atoms with Crippen LogP contribution in [0.1, 0.15) is 38.5 Å². The molecule has 0 spiro atoms. The average molecular weight is 245 g/mol. The third-order valence-corrected chi connectivity index (χ3v) is 4.80. The van der Waals surface area contributed by atoms with Crippen LogP contribution < -0.4 is 0 Å². The number of rotatable bonds is 3. The van der Waals surface area contributed by atoms with Crippen molar-refractivity contribution in [3.63, 3.8) is 0 Å². The van der Waals surface area contributed by atoms with Crippen LogP contribution in [-0.4, -0.2) is 40.0 Å². The lowest BCUT2D eigenvalue weighted by Gasteiger charge is -2.40. The average Bonchev–Trinajstić information content (AvgIpc) is 2.72. The molecule has 0 aromatic heterocycles. The van der Waals surface area contributed by atoms with Crippen molar-refractivity contribution in [2.75, 3.05) is 6.54 Å². The van der Waals surface area contributed by atoms with Gasteiger partial charge in [0.25, 0.3) is 0 Å². The van der Waals surface area contributed by atoms with E-state index < -0.39 is 17.4 Å². The van der Waals surface area contributed by atoms with Crippen LogP contribution in [-0.2, 0) is 4.79 Å². The van der Waals surface area contributed by atoms with E-state index in [1.807, 2.05) is 4.90 Å². The number of hydrogen-bond donors (Lipinski definition) is 1. The zero-order valence-corrected chi connectivity index (χ0v) is 9.66. The highest BCUT2D eigenvalue weighted by Gasteiger charge is 2.58. The Morgan fingerprint density at radius 3 is 2.35 bits per heavy atom. The van der Waals surface area contributed by atoms with Crippen LogP contribution in [0.3, 0.4) is 0 Å². The summed E-state index contributed by atoms with van der Waals surface area (Å²) in [5.41, 5.74) is -0.727. The molecule has 1 saturated carbocycles. The number of aliphatic carboxylic acids is 1. The minimum absolute atomic E-state index is 0.0116. The quantitative estimate of drug-likeness (QED) is 0.828. The fourth-order valence-electron chi connectivity index (χ4n) is 3.88. The maximum absolute atomic E-state index is 12.8. The van der Waals surface area contributed by atoms with E-state index in [-0.39, 0.29) is 18.8 Å². The topological polar surface area (TPSA) is 40.5 Å². The van der Waals surface area contributed by atoms with Gasteiger partial charge in [-0.05, 0) is 31.6 Å². The second-order valence-corrected chi connectivity index (χ2v) is 5.85. The molecule has 3 aliphatic rings. The summed E-state index contributed by atoms with van der Waals surface area (Å²) >= 11 is 0. The van der Waals surface area contributed by atoms with Crippen molar-refractivity contribution in [1.82, 2.24) is 4.90 Å². The number of carboxylic acids is 1. The fourth-order valence-corrected chi connectivity index (χ4v) is 3.88. The third kappa shape index (κ3) is 1.58. The van der Waals surface area contributed by atoms with Gasteiger partial charge in [-0.3, -0.25) is 9.69 Å². The van der Waals surface area contributed by atoms with Gasteiger partial charge in [0.2, 0.25) is 5.92 Å². The van der Waals surface area contributed by atoms with Crippen LogP contribution in [0.15, 0.2) is 0 Å². The molecule has 0 unspecified atom stereocenters. The molecule has 2 bridgehead atoms. The highest BCUT2D eigenvalue weighted by molar-refractivity contribution is 5.80. The Kier molecular flexibility index (Phi) is 2.28. The summed E-state index contributed by atoms with van der Waals surface area (Å²) in [4.78, 5) is 13.4. The Morgan fingerprint density at radius 1 is 1.29 bits per heavy atom. The Morgan fingerprint density at radius 2 is 1.88 bits per heavy atom. The van der Waals surface area contributed by atoms with E-state index in [1.165, 1.54) is 0 Å². The second kappa shape index (κ2) is 3.40. The predicted octanol–water partition coefficient (Wildman–Crippen LogP) is 2.11. The Balaban J connectivity index is 1.69. The lowest BCUT2D eigenvalue weighted by molar-refractivity contribution is -0.152. The Hall–Kier alpha value is -0.710. The first-order valence-electron chi connectivity index (χ1n) is 6.31. The van der Waals surface area contributed by atoms with Crippen LogP contribution in [0.5, 0.6) is 0 Å². The Bertz CT molecular complexity index is 342. The molecule has 3 rings (SSSR count). The lowest BCUT2D eigenvalue weighted by atomic mass is 9.80. The number of fused-ring (bicyclic) bond motifs is 2. The second-order valence-electron chi connectivity index (χ2n) is 5.85. The standard InChI is InChI=1S/C12H17F2NO2/c13-12(14)5-8(6-12)7-15-9-1-3-11(15,4-2-9)10(16)17/h8-9H,1-7H2,(H,16,17). The minimum atomic E-state index is -2.50. The van der Waals surface area contributed by atoms with Gasteiger partial charge in [-0.15, -0.1) is 0 Å². The Labute approximate surface area is 98.8 Å². The lowest BCUT2D eigenvalue weighted by Crippen LogP contribution is -2.52. The van der Waals surface area contributed by atoms with Crippen molar-refractivity contribution < 1.29 is 18.7 Å². The molecule has 5 heteroatoms. The van der Waals surface area contributed by atoms with Crippen molar-refractivity contribution in [3.05, 3.63) is 0 Å². The van der Waals surface area contributed by atoms with Gasteiger partial charge in [-0.2, -0.15) is 0 Å². The van der Waals surface area contributed by atoms with E-state index >= 15 is 0 Å². The molecule has 2 aliphatic heterocycles. The normalized spacial score (nSPS) is 40.5. The molecule has 1 N–H and O–H groups in total. The summed E-state index contributed by atoms with van der Waals surface area (Å²) in [6.07, 6.45) is 3.08. The summed E-state index contributed by atoms with van der Waals surface area (Å²) in [5, 5.41) is 9.38. The van der Waals surface area contributed by atoms with Crippen molar-refractivity contribution in [2.45, 2.75) is 56.0 Å². The van der Waals surface area contributed by atoms with Gasteiger partial charge in [0.15, 0.2) is 0 Å². The summed E-state index contributed by atoms with van der Waals surface area (Å²) in [6, 6.07) is 0.320. The first-order valence-corrected chi connectivity index (χ1v) is 6.31. The van der Waals surface area contributed by atoms with Crippen LogP contribution in [0.25, 0.3) is 0 Å². The van der Waals surface area contributed by atoms with Crippen molar-refractivity contribution >= 4 is 5.97 Å². The first-order chi connectivity index (χ1) is 7.93. The number of alkyl halides is 2. The van der Waals surface area contributed by atoms with Crippen LogP contribution in [0.2, 0.25) is 0 Å². The minimum Gasteiger partial charge on any atom is -0.480 e. The molecule has 2 heterocycles. The zero-order valence-electron chi connectivity index (χ0n) is 9.66. The van der Waals surface area contributed by atoms with Gasteiger partial charge < -0.3 is 5.11 Å². The number of halogens is 2. The van der Waals surface area contributed by atoms with Gasteiger partial charge in [0.05, 0.1) is 0 Å². The molecule has 0 atom stereocenters. The molecule has 17 heavy (non-hydrogen) atoms. The van der Waals surface area contributed by atoms with Gasteiger partial charge >= 0.3 is 5.97 Å². The summed E-state index contributed by atoms with van der Waals surface area (Å²) in [7, 11) is 0. The molecule has 0 aromatic rings. The van der Waals surface area contributed by atoms with Crippen LogP contribution >= 0.6 is 0 Å². The van der Waals surface area contributed by atoms with Gasteiger partial charge in [-0.25, -0.2) is 8.78 Å². The summed E-state index contributed by atoms with van der Waals surface area (Å²) in [6.45, 7) is 0.548. The molecule has 96 valence electrons. The first kappa shape index (κ1) is 11.4. The summed E-state index contributed by atoms with van der Waals surface area (Å²) < 4.78 is 25.6. The molecular weight excluding hydrogens is 228 g/mol. The summed E-state index contributed by atoms with van der Waals surface area (Å²) in [5.74, 6) is -3.27. The maximum Gasteiger partial charge on any atom is 0.324 e.